The number of hydrogen-bond donors (Lipinski definition) is 2. The van der Waals surface area contributed by atoms with Crippen molar-refractivity contribution in [3.8, 4) is 0 Å². The van der Waals surface area contributed by atoms with Crippen molar-refractivity contribution in [1.29, 1.82) is 0 Å². The van der Waals surface area contributed by atoms with Gasteiger partial charge in [0.25, 0.3) is 5.91 Å². The first-order chi connectivity index (χ1) is 16.8. The molecule has 6 atom stereocenters. The number of imidazole rings is 1. The van der Waals surface area contributed by atoms with Crippen LogP contribution >= 0.6 is 0 Å². The van der Waals surface area contributed by atoms with Crippen LogP contribution in [0.15, 0.2) is 29.3 Å². The second-order valence-corrected chi connectivity index (χ2v) is 11.8. The molecule has 4 aliphatic rings. The van der Waals surface area contributed by atoms with Gasteiger partial charge in [-0.3, -0.25) is 9.59 Å². The van der Waals surface area contributed by atoms with Crippen LogP contribution in [0, 0.1) is 34.5 Å². The highest BCUT2D eigenvalue weighted by Crippen LogP contribution is 2.66. The Kier molecular flexibility index (Phi) is 6.62. The lowest BCUT2D eigenvalue weighted by molar-refractivity contribution is -0.128. The van der Waals surface area contributed by atoms with Gasteiger partial charge in [0.05, 0.1) is 12.0 Å². The molecule has 0 saturated heterocycles. The Balaban J connectivity index is 1.18. The summed E-state index contributed by atoms with van der Waals surface area (Å²) >= 11 is 0. The van der Waals surface area contributed by atoms with Crippen molar-refractivity contribution in [2.45, 2.75) is 78.6 Å². The molecule has 5 rings (SSSR count). The molecule has 1 aromatic heterocycles. The third kappa shape index (κ3) is 4.47. The number of nitrogens with one attached hydrogen (secondary N) is 2. The molecule has 0 bridgehead atoms. The van der Waals surface area contributed by atoms with Crippen molar-refractivity contribution in [1.82, 2.24) is 15.3 Å². The summed E-state index contributed by atoms with van der Waals surface area (Å²) in [5.74, 6) is 2.64. The number of rotatable bonds is 7. The zero-order valence-corrected chi connectivity index (χ0v) is 21.4. The number of fused-ring (bicyclic) bond motifs is 5. The molecule has 0 aromatic carbocycles. The van der Waals surface area contributed by atoms with Crippen LogP contribution in [0.5, 0.6) is 0 Å². The summed E-state index contributed by atoms with van der Waals surface area (Å²) in [5.41, 5.74) is 3.90. The molecule has 1 amide bonds. The third-order valence-corrected chi connectivity index (χ3v) is 10.1. The normalized spacial score (nSPS) is 37.1. The van der Waals surface area contributed by atoms with E-state index in [1.165, 1.54) is 31.3 Å². The molecule has 4 unspecified atom stereocenters. The lowest BCUT2D eigenvalue weighted by Crippen LogP contribution is -2.51. The third-order valence-electron chi connectivity index (χ3n) is 10.1. The molecule has 0 radical (unpaired) electrons. The fourth-order valence-corrected chi connectivity index (χ4v) is 8.29. The van der Waals surface area contributed by atoms with Crippen molar-refractivity contribution in [3.05, 3.63) is 29.9 Å². The fourth-order valence-electron chi connectivity index (χ4n) is 8.29. The van der Waals surface area contributed by atoms with Crippen LogP contribution in [0.25, 0.3) is 0 Å². The first-order valence-corrected chi connectivity index (χ1v) is 13.5. The minimum absolute atomic E-state index is 0.0603. The van der Waals surface area contributed by atoms with Gasteiger partial charge in [-0.25, -0.2) is 4.98 Å². The smallest absolute Gasteiger partial charge is 0.260 e. The van der Waals surface area contributed by atoms with E-state index in [0.29, 0.717) is 30.6 Å². The number of ketones is 1. The number of carbonyl (C=O) groups excluding carboxylic acids is 2. The summed E-state index contributed by atoms with van der Waals surface area (Å²) in [7, 11) is 0. The lowest BCUT2D eigenvalue weighted by atomic mass is 9.46. The Morgan fingerprint density at radius 2 is 2.03 bits per heavy atom. The topological polar surface area (TPSA) is 96.4 Å². The van der Waals surface area contributed by atoms with Gasteiger partial charge in [0, 0.05) is 30.8 Å². The highest BCUT2D eigenvalue weighted by molar-refractivity contribution is 5.96. The summed E-state index contributed by atoms with van der Waals surface area (Å²) in [6.45, 7) is 7.17. The van der Waals surface area contributed by atoms with Crippen LogP contribution in [0.3, 0.4) is 0 Å². The molecule has 1 aromatic rings. The van der Waals surface area contributed by atoms with Crippen LogP contribution in [-0.2, 0) is 20.8 Å². The molecule has 3 fully saturated rings. The Hall–Kier alpha value is -2.44. The number of H-pyrrole nitrogens is 1. The lowest BCUT2D eigenvalue weighted by Gasteiger charge is -2.58. The Bertz CT molecular complexity index is 1020. The van der Waals surface area contributed by atoms with Gasteiger partial charge in [-0.05, 0) is 93.0 Å². The van der Waals surface area contributed by atoms with Crippen molar-refractivity contribution in [2.24, 2.45) is 39.7 Å². The summed E-state index contributed by atoms with van der Waals surface area (Å²) in [5, 5.41) is 7.18. The first kappa shape index (κ1) is 24.3. The molecule has 7 heteroatoms. The number of nitrogens with zero attached hydrogens (tertiary/aromatic N) is 2. The number of carbonyl (C=O) groups is 2. The van der Waals surface area contributed by atoms with E-state index in [-0.39, 0.29) is 29.3 Å². The zero-order chi connectivity index (χ0) is 24.6. The Morgan fingerprint density at radius 1 is 1.17 bits per heavy atom. The fraction of sp³-hybridized carbons (Fsp3) is 0.714. The van der Waals surface area contributed by atoms with Gasteiger partial charge in [-0.15, -0.1) is 0 Å². The highest BCUT2D eigenvalue weighted by Gasteiger charge is 2.59. The molecule has 7 nitrogen and oxygen atoms in total. The summed E-state index contributed by atoms with van der Waals surface area (Å²) < 4.78 is 0. The van der Waals surface area contributed by atoms with E-state index in [2.05, 4.69) is 40.4 Å². The van der Waals surface area contributed by atoms with Gasteiger partial charge in [-0.2, -0.15) is 0 Å². The molecular weight excluding hydrogens is 440 g/mol. The summed E-state index contributed by atoms with van der Waals surface area (Å²) in [6, 6.07) is 0. The second kappa shape index (κ2) is 9.55. The standard InChI is InChI=1S/C28H40N4O3/c1-18(33)23-6-7-24-22-5-4-19-14-20(8-11-27(19,2)25(22)9-12-28(23,24)3)32-35-16-26(34)30-13-10-21-15-29-17-31-21/h14-15,17,22-25H,4-13,16H2,1-3H3,(H,29,31)(H,30,34)/b32-20-/t22?,23?,24?,25?,27-,28+/m0/s1. The van der Waals surface area contributed by atoms with Gasteiger partial charge in [0.1, 0.15) is 5.78 Å². The molecule has 0 aliphatic heterocycles. The number of hydrogen-bond acceptors (Lipinski definition) is 5. The van der Waals surface area contributed by atoms with E-state index >= 15 is 0 Å². The van der Waals surface area contributed by atoms with Crippen LogP contribution in [0.1, 0.15) is 77.8 Å². The SMILES string of the molecule is CC(=O)C1CCC2C3CCC4=C/C(=N\OCC(=O)NCCc5cnc[nH]5)CC[C@]4(C)C3CC[C@]12C. The molecule has 1 heterocycles. The van der Waals surface area contributed by atoms with Gasteiger partial charge >= 0.3 is 0 Å². The van der Waals surface area contributed by atoms with Crippen molar-refractivity contribution < 1.29 is 14.4 Å². The largest absolute Gasteiger partial charge is 0.385 e. The van der Waals surface area contributed by atoms with Gasteiger partial charge in [0.15, 0.2) is 6.61 Å². The molecule has 0 spiro atoms. The number of aromatic amines is 1. The van der Waals surface area contributed by atoms with Crippen LogP contribution in [0.2, 0.25) is 0 Å². The number of Topliss-reactive ketones (excluding diaryl/α,β-unsaturated/α-hetero) is 1. The van der Waals surface area contributed by atoms with E-state index in [4.69, 9.17) is 4.84 Å². The quantitative estimate of drug-likeness (QED) is 0.557. The number of aromatic nitrogens is 2. The predicted molar refractivity (Wildman–Crippen MR) is 135 cm³/mol. The molecule has 190 valence electrons. The number of amides is 1. The molecular formula is C28H40N4O3. The average molecular weight is 481 g/mol. The predicted octanol–water partition coefficient (Wildman–Crippen LogP) is 4.61. The van der Waals surface area contributed by atoms with Crippen LogP contribution < -0.4 is 5.32 Å². The Morgan fingerprint density at radius 3 is 2.80 bits per heavy atom. The number of oxime groups is 1. The van der Waals surface area contributed by atoms with E-state index < -0.39 is 0 Å². The highest BCUT2D eigenvalue weighted by atomic mass is 16.6. The molecule has 2 N–H and O–H groups in total. The molecule has 35 heavy (non-hydrogen) atoms. The average Bonchev–Trinajstić information content (AvgIpc) is 3.46. The summed E-state index contributed by atoms with van der Waals surface area (Å²) in [6.07, 6.45) is 15.4. The first-order valence-electron chi connectivity index (χ1n) is 13.5. The van der Waals surface area contributed by atoms with Crippen molar-refractivity contribution >= 4 is 17.4 Å². The number of allylic oxidation sites excluding steroid dienone is 2. The monoisotopic (exact) mass is 480 g/mol. The molecule has 3 saturated carbocycles. The van der Waals surface area contributed by atoms with E-state index in [1.54, 1.807) is 12.5 Å². The summed E-state index contributed by atoms with van der Waals surface area (Å²) in [4.78, 5) is 36.8. The zero-order valence-electron chi connectivity index (χ0n) is 21.4. The van der Waals surface area contributed by atoms with Gasteiger partial charge in [-0.1, -0.05) is 24.6 Å². The van der Waals surface area contributed by atoms with Crippen molar-refractivity contribution in [2.75, 3.05) is 13.2 Å². The maximum atomic E-state index is 12.4. The minimum atomic E-state index is -0.159. The van der Waals surface area contributed by atoms with E-state index in [1.807, 2.05) is 6.92 Å². The Labute approximate surface area is 208 Å². The van der Waals surface area contributed by atoms with Crippen LogP contribution in [-0.4, -0.2) is 40.5 Å². The molecule has 4 aliphatic carbocycles. The van der Waals surface area contributed by atoms with Gasteiger partial charge < -0.3 is 15.1 Å². The maximum Gasteiger partial charge on any atom is 0.260 e. The minimum Gasteiger partial charge on any atom is -0.385 e. The maximum absolute atomic E-state index is 12.4. The van der Waals surface area contributed by atoms with E-state index in [0.717, 1.165) is 43.0 Å². The second-order valence-electron chi connectivity index (χ2n) is 11.8. The van der Waals surface area contributed by atoms with E-state index in [9.17, 15) is 9.59 Å². The van der Waals surface area contributed by atoms with Crippen LogP contribution in [0.4, 0.5) is 0 Å². The van der Waals surface area contributed by atoms with Crippen molar-refractivity contribution in [3.63, 3.8) is 0 Å². The van der Waals surface area contributed by atoms with Gasteiger partial charge in [0.2, 0.25) is 0 Å².